The molecule has 0 aromatic carbocycles. The minimum Gasteiger partial charge on any atom is -0.481 e. The molecule has 348 valence electrons. The quantitative estimate of drug-likeness (QED) is 0.0868. The van der Waals surface area contributed by atoms with Crippen molar-refractivity contribution in [1.82, 2.24) is 0 Å². The van der Waals surface area contributed by atoms with Crippen LogP contribution in [-0.2, 0) is 52.5 Å². The Kier molecular flexibility index (Phi) is 33.0. The van der Waals surface area contributed by atoms with Crippen molar-refractivity contribution < 1.29 is 62.7 Å². The Hall–Kier alpha value is -3.51. The molecule has 0 aliphatic rings. The molecule has 13 nitrogen and oxygen atoms in total. The zero-order valence-corrected chi connectivity index (χ0v) is 40.4. The SMILES string of the molecule is CCC[C@@H](CC)CC(=O)OC(C)(C)C.CCC[C@H](CC(=O)OC(C)(C)C)C(=O)O.CCC[C@H](CC(=O)OC(C)(C)C)C(=O)O.CCC[C@H](CC(=O)OC(C)(C)C)C(C)=O. The first-order chi connectivity index (χ1) is 26.7. The molecule has 2 N–H and O–H groups in total. The summed E-state index contributed by atoms with van der Waals surface area (Å²) in [7, 11) is 0. The maximum Gasteiger partial charge on any atom is 0.307 e. The van der Waals surface area contributed by atoms with Crippen LogP contribution >= 0.6 is 0 Å². The van der Waals surface area contributed by atoms with E-state index in [0.29, 0.717) is 25.2 Å². The lowest BCUT2D eigenvalue weighted by Crippen LogP contribution is -2.27. The van der Waals surface area contributed by atoms with Crippen LogP contribution in [0.25, 0.3) is 0 Å². The third kappa shape index (κ3) is 43.9. The number of aliphatic carboxylic acids is 2. The molecule has 0 saturated carbocycles. The lowest BCUT2D eigenvalue weighted by Gasteiger charge is -2.21. The normalized spacial score (nSPS) is 13.5. The van der Waals surface area contributed by atoms with Crippen molar-refractivity contribution in [1.29, 1.82) is 0 Å². The van der Waals surface area contributed by atoms with Gasteiger partial charge in [-0.3, -0.25) is 33.6 Å². The van der Waals surface area contributed by atoms with Gasteiger partial charge in [-0.1, -0.05) is 73.1 Å². The average Bonchev–Trinajstić information content (AvgIpc) is 3.01. The van der Waals surface area contributed by atoms with Gasteiger partial charge < -0.3 is 29.2 Å². The van der Waals surface area contributed by atoms with E-state index in [1.807, 2.05) is 62.3 Å². The Labute approximate surface area is 357 Å². The predicted octanol–water partition coefficient (Wildman–Crippen LogP) is 10.7. The van der Waals surface area contributed by atoms with E-state index in [0.717, 1.165) is 44.9 Å². The van der Waals surface area contributed by atoms with E-state index in [4.69, 9.17) is 29.2 Å². The number of ether oxygens (including phenoxy) is 4. The summed E-state index contributed by atoms with van der Waals surface area (Å²) in [6.45, 7) is 33.4. The number of carbonyl (C=O) groups is 7. The third-order valence-corrected chi connectivity index (χ3v) is 7.83. The maximum absolute atomic E-state index is 11.5. The van der Waals surface area contributed by atoms with E-state index in [1.165, 1.54) is 6.92 Å². The number of Topliss-reactive ketones (excluding diaryl/α,β-unsaturated/α-hetero) is 1. The minimum absolute atomic E-state index is 0.0412. The molecule has 0 bridgehead atoms. The summed E-state index contributed by atoms with van der Waals surface area (Å²) >= 11 is 0. The molecule has 13 heteroatoms. The molecule has 0 aliphatic heterocycles. The number of hydrogen-bond donors (Lipinski definition) is 2. The summed E-state index contributed by atoms with van der Waals surface area (Å²) in [5, 5.41) is 17.7. The molecular formula is C46H86O13. The zero-order valence-electron chi connectivity index (χ0n) is 40.4. The highest BCUT2D eigenvalue weighted by Crippen LogP contribution is 2.20. The smallest absolute Gasteiger partial charge is 0.307 e. The van der Waals surface area contributed by atoms with Gasteiger partial charge in [0.25, 0.3) is 0 Å². The summed E-state index contributed by atoms with van der Waals surface area (Å²) < 4.78 is 20.6. The largest absolute Gasteiger partial charge is 0.481 e. The van der Waals surface area contributed by atoms with Crippen molar-refractivity contribution in [3.8, 4) is 0 Å². The molecule has 59 heavy (non-hydrogen) atoms. The topological polar surface area (TPSA) is 197 Å². The van der Waals surface area contributed by atoms with E-state index in [-0.39, 0.29) is 48.5 Å². The molecule has 0 aromatic rings. The highest BCUT2D eigenvalue weighted by molar-refractivity contribution is 5.83. The molecule has 4 atom stereocenters. The highest BCUT2D eigenvalue weighted by atomic mass is 16.6. The molecule has 0 rings (SSSR count). The van der Waals surface area contributed by atoms with Crippen LogP contribution in [0.2, 0.25) is 0 Å². The summed E-state index contributed by atoms with van der Waals surface area (Å²) in [5.41, 5.74) is -1.91. The van der Waals surface area contributed by atoms with Gasteiger partial charge in [-0.2, -0.15) is 0 Å². The average molecular weight is 847 g/mol. The monoisotopic (exact) mass is 847 g/mol. The fraction of sp³-hybridized carbons (Fsp3) is 0.848. The number of rotatable bonds is 20. The Morgan fingerprint density at radius 1 is 0.407 bits per heavy atom. The standard InChI is InChI=1S/C12H22O3.C12H24O2.2C11H20O4/c1-6-7-10(9(2)13)8-11(14)15-12(3,4)5;1-6-8-10(7-2)9-11(13)14-12(3,4)5;2*1-5-6-8(10(13)14)7-9(12)15-11(2,3)4/h10H,6-8H2,1-5H3;10H,6-9H2,1-5H3;2*8H,5-7H2,1-4H3,(H,13,14)/t2*10-;2*8-/m1111/s1. The Balaban J connectivity index is -0.000000342. The van der Waals surface area contributed by atoms with Crippen molar-refractivity contribution in [2.75, 3.05) is 0 Å². The van der Waals surface area contributed by atoms with E-state index < -0.39 is 52.5 Å². The molecule has 0 spiro atoms. The highest BCUT2D eigenvalue weighted by Gasteiger charge is 2.26. The lowest BCUT2D eigenvalue weighted by atomic mass is 9.96. The van der Waals surface area contributed by atoms with Gasteiger partial charge in [0.2, 0.25) is 0 Å². The van der Waals surface area contributed by atoms with Crippen LogP contribution in [-0.4, -0.2) is 74.2 Å². The second-order valence-corrected chi connectivity index (χ2v) is 19.0. The molecular weight excluding hydrogens is 760 g/mol. The van der Waals surface area contributed by atoms with Crippen molar-refractivity contribution in [2.24, 2.45) is 23.7 Å². The number of esters is 4. The number of ketones is 1. The van der Waals surface area contributed by atoms with Crippen LogP contribution in [0.1, 0.15) is 208 Å². The van der Waals surface area contributed by atoms with Crippen LogP contribution < -0.4 is 0 Å². The van der Waals surface area contributed by atoms with E-state index >= 15 is 0 Å². The third-order valence-electron chi connectivity index (χ3n) is 7.83. The van der Waals surface area contributed by atoms with Gasteiger partial charge in [0.05, 0.1) is 31.1 Å². The van der Waals surface area contributed by atoms with Crippen LogP contribution in [0.15, 0.2) is 0 Å². The van der Waals surface area contributed by atoms with E-state index in [2.05, 4.69) is 13.8 Å². The fourth-order valence-electron chi connectivity index (χ4n) is 5.35. The van der Waals surface area contributed by atoms with Gasteiger partial charge in [-0.15, -0.1) is 0 Å². The van der Waals surface area contributed by atoms with Crippen LogP contribution in [0.5, 0.6) is 0 Å². The lowest BCUT2D eigenvalue weighted by molar-refractivity contribution is -0.160. The van der Waals surface area contributed by atoms with Gasteiger partial charge >= 0.3 is 35.8 Å². The first kappa shape index (κ1) is 62.1. The van der Waals surface area contributed by atoms with Crippen molar-refractivity contribution in [3.05, 3.63) is 0 Å². The number of carbonyl (C=O) groups excluding carboxylic acids is 5. The first-order valence-corrected chi connectivity index (χ1v) is 21.5. The van der Waals surface area contributed by atoms with Crippen molar-refractivity contribution >= 4 is 41.6 Å². The maximum atomic E-state index is 11.5. The Morgan fingerprint density at radius 2 is 0.644 bits per heavy atom. The molecule has 0 amide bonds. The van der Waals surface area contributed by atoms with Crippen molar-refractivity contribution in [2.45, 2.75) is 231 Å². The molecule has 0 unspecified atom stereocenters. The van der Waals surface area contributed by atoms with Gasteiger partial charge in [-0.25, -0.2) is 0 Å². The van der Waals surface area contributed by atoms with Gasteiger partial charge in [0, 0.05) is 12.3 Å². The second kappa shape index (κ2) is 31.4. The molecule has 0 fully saturated rings. The molecule has 0 saturated heterocycles. The zero-order chi connectivity index (χ0) is 47.4. The fourth-order valence-corrected chi connectivity index (χ4v) is 5.35. The summed E-state index contributed by atoms with van der Waals surface area (Å²) in [6, 6.07) is 0. The Bertz CT molecular complexity index is 1110. The Morgan fingerprint density at radius 3 is 0.847 bits per heavy atom. The van der Waals surface area contributed by atoms with Crippen LogP contribution in [0.4, 0.5) is 0 Å². The number of carboxylic acids is 2. The summed E-state index contributed by atoms with van der Waals surface area (Å²) in [4.78, 5) is 78.5. The van der Waals surface area contributed by atoms with Crippen LogP contribution in [0.3, 0.4) is 0 Å². The first-order valence-electron chi connectivity index (χ1n) is 21.5. The van der Waals surface area contributed by atoms with Gasteiger partial charge in [0.1, 0.15) is 28.2 Å². The van der Waals surface area contributed by atoms with Crippen molar-refractivity contribution in [3.63, 3.8) is 0 Å². The number of carboxylic acid groups (broad SMARTS) is 2. The molecule has 0 radical (unpaired) electrons. The summed E-state index contributed by atoms with van der Waals surface area (Å²) in [5.74, 6) is -3.93. The minimum atomic E-state index is -0.928. The van der Waals surface area contributed by atoms with E-state index in [9.17, 15) is 33.6 Å². The molecule has 0 aliphatic carbocycles. The van der Waals surface area contributed by atoms with Gasteiger partial charge in [0.15, 0.2) is 0 Å². The van der Waals surface area contributed by atoms with Gasteiger partial charge in [-0.05, 0) is 115 Å². The second-order valence-electron chi connectivity index (χ2n) is 19.0. The number of hydrogen-bond acceptors (Lipinski definition) is 11. The molecule has 0 aromatic heterocycles. The van der Waals surface area contributed by atoms with Crippen LogP contribution in [0, 0.1) is 23.7 Å². The molecule has 0 heterocycles. The summed E-state index contributed by atoms with van der Waals surface area (Å²) in [6.07, 6.45) is 8.21. The predicted molar refractivity (Wildman–Crippen MR) is 232 cm³/mol. The van der Waals surface area contributed by atoms with E-state index in [1.54, 1.807) is 41.5 Å².